The molecule has 0 unspecified atom stereocenters. The van der Waals surface area contributed by atoms with E-state index in [9.17, 15) is 14.4 Å². The van der Waals surface area contributed by atoms with Crippen LogP contribution in [0.25, 0.3) is 0 Å². The number of carbonyl (C=O) groups is 3. The molecule has 0 bridgehead atoms. The van der Waals surface area contributed by atoms with Crippen LogP contribution in [0.15, 0.2) is 0 Å². The van der Waals surface area contributed by atoms with Gasteiger partial charge in [-0.05, 0) is 6.42 Å². The minimum Gasteiger partial charge on any atom is -0.298 e. The largest absolute Gasteiger partial charge is 0.298 e. The molecule has 0 aromatic carbocycles. The van der Waals surface area contributed by atoms with Gasteiger partial charge in [0.15, 0.2) is 17.3 Å². The summed E-state index contributed by atoms with van der Waals surface area (Å²) in [4.78, 5) is 35.2. The van der Waals surface area contributed by atoms with E-state index in [0.717, 1.165) is 19.3 Å². The number of hydrogen-bond donors (Lipinski definition) is 0. The third kappa shape index (κ3) is 6.08. The second-order valence-electron chi connectivity index (χ2n) is 4.70. The van der Waals surface area contributed by atoms with Gasteiger partial charge in [-0.1, -0.05) is 46.5 Å². The Bertz CT molecular complexity index is 265. The van der Waals surface area contributed by atoms with E-state index < -0.39 is 5.92 Å². The molecule has 3 nitrogen and oxygen atoms in total. The molecule has 0 saturated carbocycles. The molecular formula is C15H26O3. The summed E-state index contributed by atoms with van der Waals surface area (Å²) in [7, 11) is 0. The van der Waals surface area contributed by atoms with Crippen molar-refractivity contribution in [3.8, 4) is 0 Å². The Morgan fingerprint density at radius 1 is 0.722 bits per heavy atom. The van der Waals surface area contributed by atoms with Crippen LogP contribution in [0.1, 0.15) is 72.1 Å². The Hall–Kier alpha value is -0.990. The maximum absolute atomic E-state index is 11.9. The van der Waals surface area contributed by atoms with Gasteiger partial charge in [-0.2, -0.15) is 0 Å². The van der Waals surface area contributed by atoms with Crippen LogP contribution in [0.4, 0.5) is 0 Å². The summed E-state index contributed by atoms with van der Waals surface area (Å²) in [6, 6.07) is 0. The summed E-state index contributed by atoms with van der Waals surface area (Å²) >= 11 is 0. The first-order valence-electron chi connectivity index (χ1n) is 7.16. The Morgan fingerprint density at radius 2 is 1.22 bits per heavy atom. The van der Waals surface area contributed by atoms with Crippen LogP contribution in [0.5, 0.6) is 0 Å². The van der Waals surface area contributed by atoms with Crippen molar-refractivity contribution in [3.63, 3.8) is 0 Å². The van der Waals surface area contributed by atoms with Crippen LogP contribution < -0.4 is 0 Å². The standard InChI is InChI=1S/C15H26O3/c1-4-7-8-9-10-11-14(18)15(12(16)5-2)13(17)6-3/h15H,4-11H2,1-3H3. The van der Waals surface area contributed by atoms with Crippen LogP contribution in [0.2, 0.25) is 0 Å². The van der Waals surface area contributed by atoms with Gasteiger partial charge >= 0.3 is 0 Å². The van der Waals surface area contributed by atoms with Gasteiger partial charge in [-0.15, -0.1) is 0 Å². The van der Waals surface area contributed by atoms with Crippen molar-refractivity contribution in [1.82, 2.24) is 0 Å². The molecule has 104 valence electrons. The van der Waals surface area contributed by atoms with Gasteiger partial charge in [0.25, 0.3) is 0 Å². The van der Waals surface area contributed by atoms with Crippen molar-refractivity contribution in [3.05, 3.63) is 0 Å². The van der Waals surface area contributed by atoms with Gasteiger partial charge in [-0.25, -0.2) is 0 Å². The van der Waals surface area contributed by atoms with Crippen molar-refractivity contribution in [2.45, 2.75) is 72.1 Å². The fourth-order valence-electron chi connectivity index (χ4n) is 1.99. The summed E-state index contributed by atoms with van der Waals surface area (Å²) in [5.41, 5.74) is 0. The van der Waals surface area contributed by atoms with Crippen LogP contribution in [0, 0.1) is 5.92 Å². The van der Waals surface area contributed by atoms with Gasteiger partial charge in [-0.3, -0.25) is 14.4 Å². The predicted molar refractivity (Wildman–Crippen MR) is 72.5 cm³/mol. The molecule has 0 rings (SSSR count). The molecule has 0 saturated heterocycles. The van der Waals surface area contributed by atoms with Crippen LogP contribution in [-0.4, -0.2) is 17.3 Å². The Morgan fingerprint density at radius 3 is 1.67 bits per heavy atom. The lowest BCUT2D eigenvalue weighted by Crippen LogP contribution is -2.31. The predicted octanol–water partition coefficient (Wildman–Crippen LogP) is 3.49. The van der Waals surface area contributed by atoms with E-state index in [1.54, 1.807) is 13.8 Å². The number of ketones is 3. The van der Waals surface area contributed by atoms with E-state index in [4.69, 9.17) is 0 Å². The maximum atomic E-state index is 11.9. The molecule has 0 fully saturated rings. The summed E-state index contributed by atoms with van der Waals surface area (Å²) in [5, 5.41) is 0. The van der Waals surface area contributed by atoms with Crippen molar-refractivity contribution in [2.75, 3.05) is 0 Å². The lowest BCUT2D eigenvalue weighted by atomic mass is 9.88. The minimum absolute atomic E-state index is 0.176. The molecule has 0 atom stereocenters. The normalized spacial score (nSPS) is 10.7. The Balaban J connectivity index is 4.22. The molecule has 0 N–H and O–H groups in total. The zero-order valence-corrected chi connectivity index (χ0v) is 12.0. The highest BCUT2D eigenvalue weighted by atomic mass is 16.2. The van der Waals surface area contributed by atoms with Crippen molar-refractivity contribution in [2.24, 2.45) is 5.92 Å². The first-order valence-corrected chi connectivity index (χ1v) is 7.16. The topological polar surface area (TPSA) is 51.2 Å². The molecule has 0 aromatic heterocycles. The van der Waals surface area contributed by atoms with Gasteiger partial charge in [0, 0.05) is 19.3 Å². The van der Waals surface area contributed by atoms with Crippen LogP contribution in [-0.2, 0) is 14.4 Å². The molecule has 3 heteroatoms. The zero-order valence-electron chi connectivity index (χ0n) is 12.0. The average Bonchev–Trinajstić information content (AvgIpc) is 2.38. The van der Waals surface area contributed by atoms with Crippen molar-refractivity contribution < 1.29 is 14.4 Å². The molecule has 18 heavy (non-hydrogen) atoms. The van der Waals surface area contributed by atoms with Gasteiger partial charge in [0.1, 0.15) is 5.92 Å². The SMILES string of the molecule is CCCCCCCC(=O)C(C(=O)CC)C(=O)CC. The number of unbranched alkanes of at least 4 members (excludes halogenated alkanes) is 4. The molecule has 0 spiro atoms. The molecule has 0 amide bonds. The van der Waals surface area contributed by atoms with Crippen molar-refractivity contribution in [1.29, 1.82) is 0 Å². The molecule has 0 radical (unpaired) electrons. The second-order valence-corrected chi connectivity index (χ2v) is 4.70. The molecule has 0 aliphatic rings. The highest BCUT2D eigenvalue weighted by molar-refractivity contribution is 6.19. The van der Waals surface area contributed by atoms with E-state index in [1.165, 1.54) is 12.8 Å². The van der Waals surface area contributed by atoms with Gasteiger partial charge in [0.05, 0.1) is 0 Å². The fourth-order valence-corrected chi connectivity index (χ4v) is 1.99. The molecule has 0 aliphatic heterocycles. The van der Waals surface area contributed by atoms with E-state index in [-0.39, 0.29) is 30.2 Å². The Kier molecular flexibility index (Phi) is 9.43. The monoisotopic (exact) mass is 254 g/mol. The maximum Gasteiger partial charge on any atom is 0.150 e. The second kappa shape index (κ2) is 9.98. The average molecular weight is 254 g/mol. The third-order valence-corrected chi connectivity index (χ3v) is 3.19. The fraction of sp³-hybridized carbons (Fsp3) is 0.800. The van der Waals surface area contributed by atoms with Gasteiger partial charge in [0.2, 0.25) is 0 Å². The highest BCUT2D eigenvalue weighted by Gasteiger charge is 2.30. The molecule has 0 aliphatic carbocycles. The van der Waals surface area contributed by atoms with E-state index in [2.05, 4.69) is 6.92 Å². The zero-order chi connectivity index (χ0) is 14.0. The quantitative estimate of drug-likeness (QED) is 0.419. The first kappa shape index (κ1) is 17.0. The smallest absolute Gasteiger partial charge is 0.150 e. The summed E-state index contributed by atoms with van der Waals surface area (Å²) < 4.78 is 0. The summed E-state index contributed by atoms with van der Waals surface area (Å²) in [6.45, 7) is 5.54. The molecule has 0 aromatic rings. The lowest BCUT2D eigenvalue weighted by molar-refractivity contribution is -0.139. The van der Waals surface area contributed by atoms with Gasteiger partial charge < -0.3 is 0 Å². The minimum atomic E-state index is -0.980. The number of rotatable bonds is 11. The van der Waals surface area contributed by atoms with Crippen LogP contribution >= 0.6 is 0 Å². The van der Waals surface area contributed by atoms with Crippen molar-refractivity contribution >= 4 is 17.3 Å². The van der Waals surface area contributed by atoms with E-state index in [0.29, 0.717) is 6.42 Å². The summed E-state index contributed by atoms with van der Waals surface area (Å²) in [5.74, 6) is -1.60. The van der Waals surface area contributed by atoms with E-state index >= 15 is 0 Å². The lowest BCUT2D eigenvalue weighted by Gasteiger charge is -2.11. The number of hydrogen-bond acceptors (Lipinski definition) is 3. The third-order valence-electron chi connectivity index (χ3n) is 3.19. The summed E-state index contributed by atoms with van der Waals surface area (Å²) in [6.07, 6.45) is 6.16. The van der Waals surface area contributed by atoms with Crippen LogP contribution in [0.3, 0.4) is 0 Å². The molecule has 0 heterocycles. The first-order chi connectivity index (χ1) is 8.58. The molecular weight excluding hydrogens is 228 g/mol. The Labute approximate surface area is 110 Å². The number of carbonyl (C=O) groups excluding carboxylic acids is 3. The number of Topliss-reactive ketones (excluding diaryl/α,β-unsaturated/α-hetero) is 3. The highest BCUT2D eigenvalue weighted by Crippen LogP contribution is 2.13. The van der Waals surface area contributed by atoms with E-state index in [1.807, 2.05) is 0 Å².